The molecule has 0 radical (unpaired) electrons. The monoisotopic (exact) mass is 472 g/mol. The van der Waals surface area contributed by atoms with E-state index in [1.165, 1.54) is 11.0 Å². The molecule has 1 aliphatic heterocycles. The Bertz CT molecular complexity index is 1070. The fourth-order valence-electron chi connectivity index (χ4n) is 3.90. The molecule has 3 rings (SSSR count). The number of carbonyl (C=O) groups is 2. The average Bonchev–Trinajstić information content (AvgIpc) is 3.05. The first-order chi connectivity index (χ1) is 15.8. The van der Waals surface area contributed by atoms with Gasteiger partial charge in [-0.1, -0.05) is 23.7 Å². The normalized spacial score (nSPS) is 17.6. The molecule has 0 spiro atoms. The second-order valence-electron chi connectivity index (χ2n) is 8.00. The maximum Gasteiger partial charge on any atom is 0.295 e. The average molecular weight is 473 g/mol. The maximum atomic E-state index is 13.1. The van der Waals surface area contributed by atoms with Gasteiger partial charge in [0.2, 0.25) is 0 Å². The van der Waals surface area contributed by atoms with E-state index in [1.807, 2.05) is 32.0 Å². The number of ketones is 1. The van der Waals surface area contributed by atoms with Crippen LogP contribution in [0, 0.1) is 0 Å². The summed E-state index contributed by atoms with van der Waals surface area (Å²) in [4.78, 5) is 29.7. The quantitative estimate of drug-likeness (QED) is 0.336. The topological polar surface area (TPSA) is 79.3 Å². The van der Waals surface area contributed by atoms with E-state index in [4.69, 9.17) is 21.1 Å². The minimum Gasteiger partial charge on any atom is -0.507 e. The lowest BCUT2D eigenvalue weighted by Gasteiger charge is -2.26. The molecule has 0 bridgehead atoms. The zero-order valence-corrected chi connectivity index (χ0v) is 20.1. The van der Waals surface area contributed by atoms with Gasteiger partial charge in [0, 0.05) is 12.1 Å². The zero-order valence-electron chi connectivity index (χ0n) is 19.3. The predicted molar refractivity (Wildman–Crippen MR) is 128 cm³/mol. The number of aliphatic hydroxyl groups is 1. The Morgan fingerprint density at radius 3 is 2.58 bits per heavy atom. The number of nitrogens with zero attached hydrogens (tertiary/aromatic N) is 2. The van der Waals surface area contributed by atoms with Gasteiger partial charge in [0.1, 0.15) is 17.3 Å². The molecule has 0 aromatic heterocycles. The predicted octanol–water partition coefficient (Wildman–Crippen LogP) is 4.12. The number of methoxy groups -OCH3 is 1. The van der Waals surface area contributed by atoms with Crippen molar-refractivity contribution < 1.29 is 24.2 Å². The van der Waals surface area contributed by atoms with Crippen LogP contribution in [0.3, 0.4) is 0 Å². The van der Waals surface area contributed by atoms with Crippen LogP contribution in [0.25, 0.3) is 5.76 Å². The van der Waals surface area contributed by atoms with Crippen molar-refractivity contribution in [1.82, 2.24) is 9.80 Å². The molecule has 2 aromatic carbocycles. The molecule has 33 heavy (non-hydrogen) atoms. The van der Waals surface area contributed by atoms with Crippen LogP contribution in [0.5, 0.6) is 11.5 Å². The second-order valence-corrected chi connectivity index (χ2v) is 8.41. The fraction of sp³-hybridized carbons (Fsp3) is 0.360. The van der Waals surface area contributed by atoms with Crippen LogP contribution in [0.2, 0.25) is 5.02 Å². The number of halogens is 1. The van der Waals surface area contributed by atoms with Gasteiger partial charge in [-0.3, -0.25) is 9.59 Å². The van der Waals surface area contributed by atoms with Crippen molar-refractivity contribution in [2.45, 2.75) is 19.4 Å². The lowest BCUT2D eigenvalue weighted by molar-refractivity contribution is -0.139. The van der Waals surface area contributed by atoms with Gasteiger partial charge < -0.3 is 24.4 Å². The van der Waals surface area contributed by atoms with Gasteiger partial charge in [0.05, 0.1) is 30.4 Å². The third-order valence-corrected chi connectivity index (χ3v) is 5.75. The lowest BCUT2D eigenvalue weighted by Crippen LogP contribution is -2.32. The van der Waals surface area contributed by atoms with Gasteiger partial charge >= 0.3 is 0 Å². The number of Topliss-reactive ketones (excluding diaryl/α,β-unsaturated/α-hetero) is 1. The molecule has 2 aromatic rings. The van der Waals surface area contributed by atoms with E-state index in [-0.39, 0.29) is 11.3 Å². The molecule has 1 N–H and O–H groups in total. The van der Waals surface area contributed by atoms with Crippen molar-refractivity contribution in [2.24, 2.45) is 0 Å². The molecular formula is C25H29ClN2O5. The smallest absolute Gasteiger partial charge is 0.295 e. The lowest BCUT2D eigenvalue weighted by atomic mass is 9.95. The van der Waals surface area contributed by atoms with Gasteiger partial charge in [0.25, 0.3) is 11.7 Å². The molecule has 176 valence electrons. The number of carbonyl (C=O) groups excluding carboxylic acids is 2. The van der Waals surface area contributed by atoms with Gasteiger partial charge in [-0.15, -0.1) is 0 Å². The van der Waals surface area contributed by atoms with E-state index in [0.717, 1.165) is 6.54 Å². The van der Waals surface area contributed by atoms with E-state index in [0.29, 0.717) is 47.2 Å². The minimum absolute atomic E-state index is 0.0262. The number of hydrogen-bond acceptors (Lipinski definition) is 6. The van der Waals surface area contributed by atoms with Gasteiger partial charge in [-0.05, 0) is 69.9 Å². The van der Waals surface area contributed by atoms with Crippen LogP contribution in [0.1, 0.15) is 30.5 Å². The number of rotatable bonds is 9. The van der Waals surface area contributed by atoms with Crippen molar-refractivity contribution in [2.75, 3.05) is 40.9 Å². The van der Waals surface area contributed by atoms with Crippen LogP contribution in [-0.2, 0) is 9.59 Å². The third-order valence-electron chi connectivity index (χ3n) is 5.46. The Morgan fingerprint density at radius 2 is 1.94 bits per heavy atom. The minimum atomic E-state index is -0.743. The zero-order chi connectivity index (χ0) is 24.1. The third kappa shape index (κ3) is 5.31. The molecule has 1 aliphatic rings. The second kappa shape index (κ2) is 10.7. The Balaban J connectivity index is 2.10. The summed E-state index contributed by atoms with van der Waals surface area (Å²) in [5.41, 5.74) is 1.04. The van der Waals surface area contributed by atoms with Crippen LogP contribution in [-0.4, -0.2) is 67.5 Å². The number of ether oxygens (including phenoxy) is 2. The Morgan fingerprint density at radius 1 is 1.18 bits per heavy atom. The first-order valence-electron chi connectivity index (χ1n) is 10.8. The van der Waals surface area contributed by atoms with Crippen LogP contribution in [0.4, 0.5) is 0 Å². The van der Waals surface area contributed by atoms with Crippen molar-refractivity contribution >= 4 is 29.1 Å². The van der Waals surface area contributed by atoms with Crippen molar-refractivity contribution in [1.29, 1.82) is 0 Å². The number of aliphatic hydroxyl groups excluding tert-OH is 1. The molecule has 1 atom stereocenters. The van der Waals surface area contributed by atoms with E-state index < -0.39 is 17.7 Å². The van der Waals surface area contributed by atoms with E-state index in [2.05, 4.69) is 0 Å². The summed E-state index contributed by atoms with van der Waals surface area (Å²) >= 11 is 6.30. The van der Waals surface area contributed by atoms with Gasteiger partial charge in [-0.2, -0.15) is 0 Å². The van der Waals surface area contributed by atoms with Crippen LogP contribution >= 0.6 is 11.6 Å². The van der Waals surface area contributed by atoms with Crippen LogP contribution < -0.4 is 9.47 Å². The molecule has 8 heteroatoms. The van der Waals surface area contributed by atoms with Gasteiger partial charge in [-0.25, -0.2) is 0 Å². The molecule has 1 heterocycles. The van der Waals surface area contributed by atoms with Crippen molar-refractivity contribution in [3.63, 3.8) is 0 Å². The SMILES string of the molecule is CCOc1ccc(/C(O)=C2\C(=O)C(=O)N(CCCN(C)C)[C@H]2c2cccc(OC)c2)cc1Cl. The number of likely N-dealkylation sites (tertiary alicyclic amines) is 1. The number of benzene rings is 2. The fourth-order valence-corrected chi connectivity index (χ4v) is 4.14. The highest BCUT2D eigenvalue weighted by Crippen LogP contribution is 2.41. The molecule has 0 saturated carbocycles. The molecule has 1 fully saturated rings. The Hall–Kier alpha value is -3.03. The highest BCUT2D eigenvalue weighted by molar-refractivity contribution is 6.46. The van der Waals surface area contributed by atoms with Crippen LogP contribution in [0.15, 0.2) is 48.0 Å². The summed E-state index contributed by atoms with van der Waals surface area (Å²) in [6.45, 7) is 3.41. The maximum absolute atomic E-state index is 13.1. The molecule has 0 unspecified atom stereocenters. The molecular weight excluding hydrogens is 444 g/mol. The van der Waals surface area contributed by atoms with Crippen molar-refractivity contribution in [3.8, 4) is 11.5 Å². The van der Waals surface area contributed by atoms with E-state index in [9.17, 15) is 14.7 Å². The molecule has 0 aliphatic carbocycles. The van der Waals surface area contributed by atoms with E-state index >= 15 is 0 Å². The Kier molecular flexibility index (Phi) is 8.00. The summed E-state index contributed by atoms with van der Waals surface area (Å²) in [6, 6.07) is 11.2. The first kappa shape index (κ1) is 24.6. The Labute approximate surface area is 199 Å². The highest BCUT2D eigenvalue weighted by Gasteiger charge is 2.45. The number of amides is 1. The standard InChI is InChI=1S/C25H29ClN2O5/c1-5-33-20-11-10-17(15-19(20)26)23(29)21-22(16-8-6-9-18(14-16)32-4)28(25(31)24(21)30)13-7-12-27(2)3/h6,8-11,14-15,22,29H,5,7,12-13H2,1-4H3/b23-21+/t22-/m0/s1. The summed E-state index contributed by atoms with van der Waals surface area (Å²) in [6.07, 6.45) is 0.676. The molecule has 1 saturated heterocycles. The summed E-state index contributed by atoms with van der Waals surface area (Å²) in [5.74, 6) is -0.573. The first-order valence-corrected chi connectivity index (χ1v) is 11.2. The largest absolute Gasteiger partial charge is 0.507 e. The summed E-state index contributed by atoms with van der Waals surface area (Å²) < 4.78 is 10.8. The van der Waals surface area contributed by atoms with Gasteiger partial charge in [0.15, 0.2) is 0 Å². The number of hydrogen-bond donors (Lipinski definition) is 1. The molecule has 7 nitrogen and oxygen atoms in total. The highest BCUT2D eigenvalue weighted by atomic mass is 35.5. The van der Waals surface area contributed by atoms with E-state index in [1.54, 1.807) is 37.4 Å². The summed E-state index contributed by atoms with van der Waals surface area (Å²) in [5, 5.41) is 11.5. The molecule has 1 amide bonds. The summed E-state index contributed by atoms with van der Waals surface area (Å²) in [7, 11) is 5.45. The van der Waals surface area contributed by atoms with Crippen molar-refractivity contribution in [3.05, 3.63) is 64.2 Å².